The molecule has 0 aromatic heterocycles. The first-order valence-electron chi connectivity index (χ1n) is 13.5. The van der Waals surface area contributed by atoms with Gasteiger partial charge in [0.2, 0.25) is 11.8 Å². The smallest absolute Gasteiger partial charge is 0.236 e. The molecule has 3 rings (SSSR count). The monoisotopic (exact) mass is 471 g/mol. The second kappa shape index (κ2) is 13.1. The van der Waals surface area contributed by atoms with Crippen molar-refractivity contribution >= 4 is 11.8 Å². The van der Waals surface area contributed by atoms with E-state index in [2.05, 4.69) is 41.8 Å². The number of hydrogen-bond donors (Lipinski definition) is 0. The number of carbonyl (C=O) groups excluding carboxylic acids is 2. The summed E-state index contributed by atoms with van der Waals surface area (Å²) in [5.41, 5.74) is 2.67. The molecule has 0 bridgehead atoms. The number of nitrogens with zero attached hydrogens (tertiary/aromatic N) is 3. The van der Waals surface area contributed by atoms with Crippen molar-refractivity contribution in [1.82, 2.24) is 14.7 Å². The van der Waals surface area contributed by atoms with Gasteiger partial charge in [-0.3, -0.25) is 14.5 Å². The van der Waals surface area contributed by atoms with E-state index in [1.54, 1.807) is 6.92 Å². The van der Waals surface area contributed by atoms with Gasteiger partial charge in [-0.05, 0) is 55.7 Å². The molecule has 1 saturated heterocycles. The van der Waals surface area contributed by atoms with E-state index in [1.807, 2.05) is 11.8 Å². The van der Waals surface area contributed by atoms with Crippen LogP contribution in [0.3, 0.4) is 0 Å². The zero-order valence-corrected chi connectivity index (χ0v) is 21.9. The average molecular weight is 472 g/mol. The normalized spacial score (nSPS) is 19.6. The highest BCUT2D eigenvalue weighted by atomic mass is 16.5. The number of amides is 2. The fourth-order valence-corrected chi connectivity index (χ4v) is 5.36. The van der Waals surface area contributed by atoms with Crippen LogP contribution in [-0.2, 0) is 16.0 Å². The van der Waals surface area contributed by atoms with E-state index in [1.165, 1.54) is 11.1 Å². The summed E-state index contributed by atoms with van der Waals surface area (Å²) in [5, 5.41) is 0. The molecule has 2 heterocycles. The molecule has 0 N–H and O–H groups in total. The highest BCUT2D eigenvalue weighted by molar-refractivity contribution is 5.78. The summed E-state index contributed by atoms with van der Waals surface area (Å²) in [6, 6.07) is 6.95. The number of ether oxygens (including phenoxy) is 1. The number of carbonyl (C=O) groups is 2. The first-order valence-corrected chi connectivity index (χ1v) is 13.5. The molecule has 0 aliphatic carbocycles. The lowest BCUT2D eigenvalue weighted by atomic mass is 9.93. The summed E-state index contributed by atoms with van der Waals surface area (Å²) in [4.78, 5) is 31.7. The van der Waals surface area contributed by atoms with Gasteiger partial charge in [0.15, 0.2) is 0 Å². The Morgan fingerprint density at radius 2 is 1.79 bits per heavy atom. The van der Waals surface area contributed by atoms with Gasteiger partial charge in [-0.2, -0.15) is 0 Å². The molecule has 0 radical (unpaired) electrons. The van der Waals surface area contributed by atoms with Crippen molar-refractivity contribution in [2.24, 2.45) is 0 Å². The Labute approximate surface area is 206 Å². The minimum atomic E-state index is 0.128. The molecule has 2 aliphatic rings. The van der Waals surface area contributed by atoms with E-state index in [0.29, 0.717) is 18.5 Å². The van der Waals surface area contributed by atoms with Gasteiger partial charge in [0.05, 0.1) is 13.2 Å². The van der Waals surface area contributed by atoms with Crippen LogP contribution in [-0.4, -0.2) is 78.4 Å². The maximum atomic E-state index is 13.4. The van der Waals surface area contributed by atoms with E-state index in [9.17, 15) is 9.59 Å². The van der Waals surface area contributed by atoms with Crippen LogP contribution in [0.1, 0.15) is 83.3 Å². The molecule has 2 aliphatic heterocycles. The number of benzene rings is 1. The van der Waals surface area contributed by atoms with E-state index in [0.717, 1.165) is 90.0 Å². The molecule has 2 atom stereocenters. The Bertz CT molecular complexity index is 804. The summed E-state index contributed by atoms with van der Waals surface area (Å²) < 4.78 is 5.70. The minimum Gasteiger partial charge on any atom is -0.493 e. The number of rotatable bonds is 13. The maximum Gasteiger partial charge on any atom is 0.236 e. The molecule has 6 heteroatoms. The van der Waals surface area contributed by atoms with Gasteiger partial charge in [0.1, 0.15) is 5.75 Å². The molecule has 1 aromatic carbocycles. The number of unbranched alkanes of at least 4 members (excludes halogenated alkanes) is 2. The van der Waals surface area contributed by atoms with Crippen LogP contribution in [0.4, 0.5) is 0 Å². The molecule has 0 saturated carbocycles. The molecule has 2 amide bonds. The molecular weight excluding hydrogens is 426 g/mol. The van der Waals surface area contributed by atoms with E-state index in [-0.39, 0.29) is 11.8 Å². The van der Waals surface area contributed by atoms with Crippen LogP contribution < -0.4 is 4.74 Å². The van der Waals surface area contributed by atoms with Crippen LogP contribution >= 0.6 is 0 Å². The van der Waals surface area contributed by atoms with Crippen molar-refractivity contribution in [3.8, 4) is 5.75 Å². The summed E-state index contributed by atoms with van der Waals surface area (Å²) in [5.74, 6) is 1.82. The van der Waals surface area contributed by atoms with Crippen LogP contribution in [0, 0.1) is 0 Å². The van der Waals surface area contributed by atoms with E-state index >= 15 is 0 Å². The summed E-state index contributed by atoms with van der Waals surface area (Å²) >= 11 is 0. The third kappa shape index (κ3) is 6.97. The highest BCUT2D eigenvalue weighted by Gasteiger charge is 2.35. The van der Waals surface area contributed by atoms with Gasteiger partial charge in [-0.1, -0.05) is 38.8 Å². The molecular formula is C28H45N3O3. The van der Waals surface area contributed by atoms with Gasteiger partial charge in [-0.15, -0.1) is 0 Å². The zero-order chi connectivity index (χ0) is 24.5. The number of fused-ring (bicyclic) bond motifs is 1. The van der Waals surface area contributed by atoms with Gasteiger partial charge in [-0.25, -0.2) is 0 Å². The van der Waals surface area contributed by atoms with Crippen molar-refractivity contribution in [1.29, 1.82) is 0 Å². The largest absolute Gasteiger partial charge is 0.493 e. The Hall–Kier alpha value is -2.08. The predicted molar refractivity (Wildman–Crippen MR) is 137 cm³/mol. The Morgan fingerprint density at radius 1 is 1.06 bits per heavy atom. The Morgan fingerprint density at radius 3 is 2.44 bits per heavy atom. The first-order chi connectivity index (χ1) is 16.5. The minimum absolute atomic E-state index is 0.128. The molecule has 2 unspecified atom stereocenters. The van der Waals surface area contributed by atoms with Crippen molar-refractivity contribution < 1.29 is 14.3 Å². The standard InChI is InChI=1S/C28H45N3O3/c1-5-8-14-30(15-9-6-2)28(33)21-31-20-25(19-26(31)12-16-29(7-3)22(4)32)23-10-11-27-24(18-23)13-17-34-27/h10-11,18,25-26H,5-9,12-17,19-21H2,1-4H3. The lowest BCUT2D eigenvalue weighted by molar-refractivity contribution is -0.133. The highest BCUT2D eigenvalue weighted by Crippen LogP contribution is 2.36. The quantitative estimate of drug-likeness (QED) is 0.426. The number of hydrogen-bond acceptors (Lipinski definition) is 4. The molecule has 34 heavy (non-hydrogen) atoms. The first kappa shape index (κ1) is 26.5. The fourth-order valence-electron chi connectivity index (χ4n) is 5.36. The molecule has 0 spiro atoms. The molecule has 190 valence electrons. The van der Waals surface area contributed by atoms with Crippen LogP contribution in [0.25, 0.3) is 0 Å². The third-order valence-corrected chi connectivity index (χ3v) is 7.53. The summed E-state index contributed by atoms with van der Waals surface area (Å²) in [6.45, 7) is 13.4. The SMILES string of the molecule is CCCCN(CCCC)C(=O)CN1CC(c2ccc3c(c2)CCO3)CC1CCN(CC)C(C)=O. The summed E-state index contributed by atoms with van der Waals surface area (Å²) in [7, 11) is 0. The van der Waals surface area contributed by atoms with Gasteiger partial charge in [0.25, 0.3) is 0 Å². The molecule has 1 aromatic rings. The van der Waals surface area contributed by atoms with Crippen molar-refractivity contribution in [3.63, 3.8) is 0 Å². The molecule has 6 nitrogen and oxygen atoms in total. The van der Waals surface area contributed by atoms with Crippen molar-refractivity contribution in [2.75, 3.05) is 45.9 Å². The van der Waals surface area contributed by atoms with Crippen LogP contribution in [0.15, 0.2) is 18.2 Å². The third-order valence-electron chi connectivity index (χ3n) is 7.53. The molecule has 1 fully saturated rings. The summed E-state index contributed by atoms with van der Waals surface area (Å²) in [6.07, 6.45) is 7.25. The van der Waals surface area contributed by atoms with E-state index < -0.39 is 0 Å². The zero-order valence-electron chi connectivity index (χ0n) is 21.9. The van der Waals surface area contributed by atoms with Crippen molar-refractivity contribution in [3.05, 3.63) is 29.3 Å². The second-order valence-corrected chi connectivity index (χ2v) is 9.96. The topological polar surface area (TPSA) is 53.1 Å². The van der Waals surface area contributed by atoms with E-state index in [4.69, 9.17) is 4.74 Å². The predicted octanol–water partition coefficient (Wildman–Crippen LogP) is 4.47. The Kier molecular flexibility index (Phi) is 10.2. The fraction of sp³-hybridized carbons (Fsp3) is 0.714. The van der Waals surface area contributed by atoms with Crippen molar-refractivity contribution in [2.45, 2.75) is 84.6 Å². The average Bonchev–Trinajstić information content (AvgIpc) is 3.45. The maximum absolute atomic E-state index is 13.4. The number of likely N-dealkylation sites (tertiary alicyclic amines) is 1. The Balaban J connectivity index is 1.72. The van der Waals surface area contributed by atoms with Crippen LogP contribution in [0.5, 0.6) is 5.75 Å². The van der Waals surface area contributed by atoms with Gasteiger partial charge in [0, 0.05) is 52.1 Å². The van der Waals surface area contributed by atoms with Gasteiger partial charge < -0.3 is 14.5 Å². The second-order valence-electron chi connectivity index (χ2n) is 9.96. The lowest BCUT2D eigenvalue weighted by Gasteiger charge is -2.30. The van der Waals surface area contributed by atoms with Crippen LogP contribution in [0.2, 0.25) is 0 Å². The lowest BCUT2D eigenvalue weighted by Crippen LogP contribution is -2.44. The van der Waals surface area contributed by atoms with Gasteiger partial charge >= 0.3 is 0 Å².